The van der Waals surface area contributed by atoms with E-state index in [0.717, 1.165) is 33.8 Å². The first kappa shape index (κ1) is 17.5. The van der Waals surface area contributed by atoms with Crippen LogP contribution in [0.3, 0.4) is 0 Å². The summed E-state index contributed by atoms with van der Waals surface area (Å²) >= 11 is 7.43. The van der Waals surface area contributed by atoms with Crippen molar-refractivity contribution in [2.45, 2.75) is 13.5 Å². The molecule has 5 heteroatoms. The molecule has 0 atom stereocenters. The van der Waals surface area contributed by atoms with E-state index in [0.29, 0.717) is 10.6 Å². The van der Waals surface area contributed by atoms with Gasteiger partial charge in [0.25, 0.3) is 0 Å². The first-order valence-corrected chi connectivity index (χ1v) is 9.87. The smallest absolute Gasteiger partial charge is 0.134 e. The summed E-state index contributed by atoms with van der Waals surface area (Å²) in [5.41, 5.74) is 4.61. The molecule has 3 nitrogen and oxygen atoms in total. The van der Waals surface area contributed by atoms with Gasteiger partial charge in [0.1, 0.15) is 11.1 Å². The average Bonchev–Trinajstić information content (AvgIpc) is 3.32. The van der Waals surface area contributed by atoms with Gasteiger partial charge in [0, 0.05) is 45.2 Å². The Bertz CT molecular complexity index is 1180. The van der Waals surface area contributed by atoms with Crippen molar-refractivity contribution in [2.75, 3.05) is 0 Å². The number of nitriles is 1. The van der Waals surface area contributed by atoms with Crippen LogP contribution in [0.25, 0.3) is 33.8 Å². The number of benzene rings is 2. The quantitative estimate of drug-likeness (QED) is 0.373. The topological polar surface area (TPSA) is 41.6 Å². The van der Waals surface area contributed by atoms with Gasteiger partial charge in [0.05, 0.1) is 11.3 Å². The van der Waals surface area contributed by atoms with Gasteiger partial charge in [-0.3, -0.25) is 0 Å². The fourth-order valence-corrected chi connectivity index (χ4v) is 4.02. The first-order chi connectivity index (χ1) is 13.2. The molecule has 0 radical (unpaired) electrons. The van der Waals surface area contributed by atoms with E-state index in [1.165, 1.54) is 16.9 Å². The summed E-state index contributed by atoms with van der Waals surface area (Å²) in [6, 6.07) is 18.1. The molecule has 2 aromatic carbocycles. The first-order valence-electron chi connectivity index (χ1n) is 8.61. The Labute approximate surface area is 166 Å². The van der Waals surface area contributed by atoms with Crippen LogP contribution in [0.1, 0.15) is 17.5 Å². The minimum atomic E-state index is 0.569. The molecule has 4 rings (SSSR count). The Kier molecular flexibility index (Phi) is 4.81. The van der Waals surface area contributed by atoms with Gasteiger partial charge < -0.3 is 4.57 Å². The van der Waals surface area contributed by atoms with Crippen LogP contribution >= 0.6 is 22.9 Å². The largest absolute Gasteiger partial charge is 0.347 e. The summed E-state index contributed by atoms with van der Waals surface area (Å²) in [6.45, 7) is 3.00. The van der Waals surface area contributed by atoms with E-state index in [1.807, 2.05) is 47.9 Å². The zero-order valence-corrected chi connectivity index (χ0v) is 16.3. The molecule has 0 bridgehead atoms. The van der Waals surface area contributed by atoms with Crippen LogP contribution in [-0.2, 0) is 6.54 Å². The Morgan fingerprint density at radius 3 is 2.74 bits per heavy atom. The van der Waals surface area contributed by atoms with Gasteiger partial charge in [-0.15, -0.1) is 11.3 Å². The standard InChI is InChI=1S/C22H16ClN3S/c1-2-26-13-17(19-5-3-4-6-21(19)26)11-16(12-24)22-25-20(14-27-22)15-7-9-18(23)10-8-15/h3-11,13-14H,2H2,1H3/b16-11-. The summed E-state index contributed by atoms with van der Waals surface area (Å²) in [5, 5.41) is 14.2. The number of fused-ring (bicyclic) bond motifs is 1. The maximum atomic E-state index is 9.72. The van der Waals surface area contributed by atoms with Gasteiger partial charge in [-0.1, -0.05) is 41.9 Å². The van der Waals surface area contributed by atoms with Crippen LogP contribution in [0.2, 0.25) is 5.02 Å². The number of aryl methyl sites for hydroxylation is 1. The SMILES string of the molecule is CCn1cc(/C=C(/C#N)c2nc(-c3ccc(Cl)cc3)cs2)c2ccccc21. The Morgan fingerprint density at radius 1 is 1.22 bits per heavy atom. The third-order valence-corrected chi connectivity index (χ3v) is 5.58. The van der Waals surface area contributed by atoms with Crippen LogP contribution in [0.15, 0.2) is 60.1 Å². The summed E-state index contributed by atoms with van der Waals surface area (Å²) in [7, 11) is 0. The normalized spacial score (nSPS) is 11.7. The Morgan fingerprint density at radius 2 is 2.00 bits per heavy atom. The number of halogens is 1. The molecule has 0 N–H and O–H groups in total. The van der Waals surface area contributed by atoms with Gasteiger partial charge in [-0.2, -0.15) is 5.26 Å². The molecule has 2 heterocycles. The number of aromatic nitrogens is 2. The molecule has 0 saturated carbocycles. The third kappa shape index (κ3) is 3.40. The number of para-hydroxylation sites is 1. The second-order valence-corrected chi connectivity index (χ2v) is 7.40. The molecule has 0 amide bonds. The van der Waals surface area contributed by atoms with Crippen molar-refractivity contribution >= 4 is 45.5 Å². The van der Waals surface area contributed by atoms with Crippen molar-refractivity contribution in [1.29, 1.82) is 5.26 Å². The predicted octanol–water partition coefficient (Wildman–Crippen LogP) is 6.50. The lowest BCUT2D eigenvalue weighted by Gasteiger charge is -1.98. The van der Waals surface area contributed by atoms with Crippen LogP contribution in [0, 0.1) is 11.3 Å². The van der Waals surface area contributed by atoms with E-state index < -0.39 is 0 Å². The minimum absolute atomic E-state index is 0.569. The molecule has 0 aliphatic heterocycles. The van der Waals surface area contributed by atoms with E-state index in [1.54, 1.807) is 0 Å². The molecule has 0 spiro atoms. The highest BCUT2D eigenvalue weighted by Gasteiger charge is 2.11. The Balaban J connectivity index is 1.75. The number of allylic oxidation sites excluding steroid dienone is 1. The summed E-state index contributed by atoms with van der Waals surface area (Å²) in [5.74, 6) is 0. The molecule has 0 aliphatic rings. The van der Waals surface area contributed by atoms with Crippen molar-refractivity contribution in [1.82, 2.24) is 9.55 Å². The minimum Gasteiger partial charge on any atom is -0.347 e. The van der Waals surface area contributed by atoms with Crippen molar-refractivity contribution < 1.29 is 0 Å². The number of thiazole rings is 1. The van der Waals surface area contributed by atoms with Crippen molar-refractivity contribution in [3.63, 3.8) is 0 Å². The predicted molar refractivity (Wildman–Crippen MR) is 114 cm³/mol. The molecule has 27 heavy (non-hydrogen) atoms. The number of nitrogens with zero attached hydrogens (tertiary/aromatic N) is 3. The monoisotopic (exact) mass is 389 g/mol. The molecule has 2 aromatic heterocycles. The van der Waals surface area contributed by atoms with E-state index in [4.69, 9.17) is 11.6 Å². The van der Waals surface area contributed by atoms with Crippen molar-refractivity contribution in [2.24, 2.45) is 0 Å². The van der Waals surface area contributed by atoms with E-state index in [-0.39, 0.29) is 0 Å². The molecule has 0 unspecified atom stereocenters. The summed E-state index contributed by atoms with van der Waals surface area (Å²) in [6.07, 6.45) is 4.02. The number of rotatable bonds is 4. The van der Waals surface area contributed by atoms with Crippen LogP contribution in [0.5, 0.6) is 0 Å². The fourth-order valence-electron chi connectivity index (χ4n) is 3.10. The average molecular weight is 390 g/mol. The highest BCUT2D eigenvalue weighted by atomic mass is 35.5. The molecular formula is C22H16ClN3S. The van der Waals surface area contributed by atoms with Crippen LogP contribution < -0.4 is 0 Å². The summed E-state index contributed by atoms with van der Waals surface area (Å²) in [4.78, 5) is 4.66. The van der Waals surface area contributed by atoms with E-state index in [9.17, 15) is 5.26 Å². The van der Waals surface area contributed by atoms with Crippen molar-refractivity contribution in [3.05, 3.63) is 75.7 Å². The Hall–Kier alpha value is -2.87. The van der Waals surface area contributed by atoms with E-state index in [2.05, 4.69) is 40.9 Å². The number of hydrogen-bond acceptors (Lipinski definition) is 3. The second-order valence-electron chi connectivity index (χ2n) is 6.10. The number of hydrogen-bond donors (Lipinski definition) is 0. The second kappa shape index (κ2) is 7.40. The maximum Gasteiger partial charge on any atom is 0.134 e. The van der Waals surface area contributed by atoms with Gasteiger partial charge in [-0.25, -0.2) is 4.98 Å². The highest BCUT2D eigenvalue weighted by molar-refractivity contribution is 7.11. The molecule has 132 valence electrons. The van der Waals surface area contributed by atoms with Gasteiger partial charge >= 0.3 is 0 Å². The zero-order chi connectivity index (χ0) is 18.8. The molecule has 0 aliphatic carbocycles. The van der Waals surface area contributed by atoms with Crippen molar-refractivity contribution in [3.8, 4) is 17.3 Å². The van der Waals surface area contributed by atoms with Gasteiger partial charge in [0.15, 0.2) is 0 Å². The maximum absolute atomic E-state index is 9.72. The lowest BCUT2D eigenvalue weighted by Crippen LogP contribution is -1.89. The van der Waals surface area contributed by atoms with Gasteiger partial charge in [-0.05, 0) is 31.2 Å². The fraction of sp³-hybridized carbons (Fsp3) is 0.0909. The molecular weight excluding hydrogens is 374 g/mol. The van der Waals surface area contributed by atoms with Gasteiger partial charge in [0.2, 0.25) is 0 Å². The molecule has 0 fully saturated rings. The zero-order valence-electron chi connectivity index (χ0n) is 14.7. The third-order valence-electron chi connectivity index (χ3n) is 4.45. The van der Waals surface area contributed by atoms with E-state index >= 15 is 0 Å². The highest BCUT2D eigenvalue weighted by Crippen LogP contribution is 2.30. The van der Waals surface area contributed by atoms with Crippen LogP contribution in [-0.4, -0.2) is 9.55 Å². The molecule has 4 aromatic rings. The lowest BCUT2D eigenvalue weighted by molar-refractivity contribution is 0.797. The molecule has 0 saturated heterocycles. The lowest BCUT2D eigenvalue weighted by atomic mass is 10.1. The van der Waals surface area contributed by atoms with Crippen LogP contribution in [0.4, 0.5) is 0 Å². The summed E-state index contributed by atoms with van der Waals surface area (Å²) < 4.78 is 2.19.